The summed E-state index contributed by atoms with van der Waals surface area (Å²) in [4.78, 5) is 104. The lowest BCUT2D eigenvalue weighted by atomic mass is 9.84. The highest BCUT2D eigenvalue weighted by Gasteiger charge is 2.34. The van der Waals surface area contributed by atoms with Crippen LogP contribution in [-0.2, 0) is 33.9 Å². The zero-order valence-electron chi connectivity index (χ0n) is 70.4. The van der Waals surface area contributed by atoms with Gasteiger partial charge in [-0.3, -0.25) is 43.9 Å². The van der Waals surface area contributed by atoms with Crippen LogP contribution >= 0.6 is 31.9 Å². The van der Waals surface area contributed by atoms with Gasteiger partial charge in [-0.05, 0) is 220 Å². The lowest BCUT2D eigenvalue weighted by Crippen LogP contribution is -2.34. The molecular formula is C87H101BBr2F3N11O17. The molecule has 3 aromatic carbocycles. The van der Waals surface area contributed by atoms with E-state index < -0.39 is 36.9 Å². The van der Waals surface area contributed by atoms with Crippen LogP contribution in [0.1, 0.15) is 133 Å². The average Bonchev–Trinajstić information content (AvgIpc) is 1.34. The number of aryl methyl sites for hydroxylation is 1. The molecule has 0 bridgehead atoms. The number of H-pyrrole nitrogens is 1. The average molecular weight is 1800 g/mol. The number of amides is 2. The second-order valence-electron chi connectivity index (χ2n) is 31.0. The molecule has 4 saturated carbocycles. The van der Waals surface area contributed by atoms with Gasteiger partial charge in [-0.2, -0.15) is 13.2 Å². The van der Waals surface area contributed by atoms with Crippen molar-refractivity contribution >= 4 is 101 Å². The minimum absolute atomic E-state index is 0.0232. The van der Waals surface area contributed by atoms with Crippen LogP contribution in [0, 0.1) is 6.92 Å². The number of hydrogen-bond acceptors (Lipinski definition) is 22. The van der Waals surface area contributed by atoms with Crippen molar-refractivity contribution in [1.82, 2.24) is 53.7 Å². The number of aldehydes is 1. The summed E-state index contributed by atoms with van der Waals surface area (Å²) in [6.45, 7) is 14.2. The van der Waals surface area contributed by atoms with E-state index in [1.807, 2.05) is 142 Å². The summed E-state index contributed by atoms with van der Waals surface area (Å²) in [7, 11) is 13.9. The number of fused-ring (bicyclic) bond motifs is 4. The molecule has 0 atom stereocenters. The molecular weight excluding hydrogens is 1700 g/mol. The first kappa shape index (κ1) is 93.7. The molecule has 644 valence electrons. The largest absolute Gasteiger partial charge is 0.496 e. The number of pyridine rings is 8. The fraction of sp³-hybridized carbons (Fsp3) is 0.391. The number of methoxy groups -OCH3 is 6. The molecule has 0 saturated heterocycles. The maximum atomic E-state index is 13.0. The molecule has 4 N–H and O–H groups in total. The third-order valence-corrected chi connectivity index (χ3v) is 20.6. The first-order chi connectivity index (χ1) is 57.4. The van der Waals surface area contributed by atoms with Crippen LogP contribution in [0.3, 0.4) is 0 Å². The molecule has 4 aliphatic rings. The fourth-order valence-electron chi connectivity index (χ4n) is 12.7. The fourth-order valence-corrected chi connectivity index (χ4v) is 13.7. The minimum Gasteiger partial charge on any atom is -0.496 e. The molecule has 0 radical (unpaired) electrons. The Morgan fingerprint density at radius 2 is 0.843 bits per heavy atom. The van der Waals surface area contributed by atoms with Gasteiger partial charge in [0, 0.05) is 150 Å². The van der Waals surface area contributed by atoms with E-state index in [9.17, 15) is 41.9 Å². The van der Waals surface area contributed by atoms with Gasteiger partial charge >= 0.3 is 25.5 Å². The summed E-state index contributed by atoms with van der Waals surface area (Å²) in [6.07, 6.45) is 22.4. The summed E-state index contributed by atoms with van der Waals surface area (Å²) in [6, 6.07) is 20.0. The number of carbonyl (C=O) groups excluding carboxylic acids is 3. The first-order valence-corrected chi connectivity index (χ1v) is 40.4. The lowest BCUT2D eigenvalue weighted by Gasteiger charge is -2.26. The molecule has 0 unspecified atom stereocenters. The standard InChI is InChI=1S/C26H31N3O5.C21H23N3O3.C16H25NO4.C11H9BrN2O.C8H5BrN2O.C3H7BO2.C2HF3O/c1-26(2,3)34-25(31)28(4)14-21-22(32-5)11-16(12-23(21)33-6)20-15-29(17-7-8-17)24(30)19-13-27-10-9-18(19)20;1-22-10-17-19(26-2)8-13(9-20(17)27-3)18-12-24(14-4-5-14)21(25)16-11-23-7-6-15(16)18;1-11-8-13(19-6)12(14(9-11)20-7)10-17(5)15(18)21-16(2,3)4;12-10-6-14(7-1-2-7)11(15)9-5-13-4-3-8(9)10;9-7-4-11-8(12)6-3-10-2-1-5(6)7;5-4(6)3-1-2-3;3-2(4,5)1-6/h9-13,15,17H,7-8,14H2,1-6H3;6-9,11-12,14,22H,4-5,10H2,1-3H3;8-9H,10H2,1-7H3;3-7H,1-2H2;1-4H,(H,11,12);3,5-6H,1-2H2;1H. The molecule has 8 heterocycles. The highest BCUT2D eigenvalue weighted by atomic mass is 79.9. The smallest absolute Gasteiger partial charge is 0.454 e. The summed E-state index contributed by atoms with van der Waals surface area (Å²) in [5.41, 5.74) is 6.07. The maximum absolute atomic E-state index is 13.0. The Morgan fingerprint density at radius 1 is 0.521 bits per heavy atom. The topological polar surface area (TPSA) is 334 Å². The number of rotatable bonds is 18. The van der Waals surface area contributed by atoms with Crippen LogP contribution in [0.25, 0.3) is 65.3 Å². The van der Waals surface area contributed by atoms with Gasteiger partial charge in [-0.15, -0.1) is 0 Å². The van der Waals surface area contributed by atoms with Gasteiger partial charge in [0.25, 0.3) is 22.2 Å². The monoisotopic (exact) mass is 1800 g/mol. The number of alkyl halides is 3. The van der Waals surface area contributed by atoms with Gasteiger partial charge < -0.3 is 81.7 Å². The van der Waals surface area contributed by atoms with Crippen molar-refractivity contribution in [3.8, 4) is 56.8 Å². The van der Waals surface area contributed by atoms with E-state index in [-0.39, 0.29) is 52.8 Å². The van der Waals surface area contributed by atoms with Gasteiger partial charge in [-0.25, -0.2) is 9.59 Å². The predicted molar refractivity (Wildman–Crippen MR) is 465 cm³/mol. The first-order valence-electron chi connectivity index (χ1n) is 38.8. The Kier molecular flexibility index (Phi) is 32.0. The van der Waals surface area contributed by atoms with Crippen LogP contribution in [0.2, 0.25) is 5.82 Å². The van der Waals surface area contributed by atoms with Gasteiger partial charge in [-0.1, -0.05) is 12.8 Å². The van der Waals surface area contributed by atoms with E-state index in [0.717, 1.165) is 138 Å². The van der Waals surface area contributed by atoms with Crippen molar-refractivity contribution in [1.29, 1.82) is 0 Å². The normalized spacial score (nSPS) is 13.4. The minimum atomic E-state index is -4.64. The van der Waals surface area contributed by atoms with E-state index in [4.69, 9.17) is 52.7 Å². The second kappa shape index (κ2) is 41.4. The molecule has 11 aromatic rings. The molecule has 121 heavy (non-hydrogen) atoms. The van der Waals surface area contributed by atoms with E-state index in [1.165, 1.54) is 9.80 Å². The lowest BCUT2D eigenvalue weighted by molar-refractivity contribution is -0.156. The van der Waals surface area contributed by atoms with Crippen LogP contribution < -0.4 is 56.0 Å². The SMILES string of the molecule is CNCc1c(OC)cc(-c2cn(C3CC3)c(=O)c3cnccc23)cc1OC.COc1cc(-c2cn(C3CC3)c(=O)c3cnccc23)cc(OC)c1CN(C)C(=O)OC(C)(C)C.COc1cc(C)cc(OC)c1CN(C)C(=O)OC(C)(C)C.O=CC(F)(F)F.O=c1[nH]cc(Br)c2ccncc12.O=c1c2cnccc2c(Br)cn1C1CC1.OB(O)C1CC1. The quantitative estimate of drug-likeness (QED) is 0.0458. The van der Waals surface area contributed by atoms with Crippen LogP contribution in [-0.4, -0.2) is 165 Å². The number of ether oxygens (including phenoxy) is 8. The zero-order valence-corrected chi connectivity index (χ0v) is 73.5. The zero-order chi connectivity index (χ0) is 88.5. The van der Waals surface area contributed by atoms with Crippen LogP contribution in [0.15, 0.2) is 163 Å². The van der Waals surface area contributed by atoms with E-state index in [2.05, 4.69) is 62.1 Å². The van der Waals surface area contributed by atoms with Crippen molar-refractivity contribution in [2.45, 2.75) is 161 Å². The number of hydrogen-bond donors (Lipinski definition) is 4. The number of aromatic nitrogens is 8. The highest BCUT2D eigenvalue weighted by Crippen LogP contribution is 2.44. The summed E-state index contributed by atoms with van der Waals surface area (Å²) in [5.74, 6) is 4.27. The second-order valence-corrected chi connectivity index (χ2v) is 32.7. The third kappa shape index (κ3) is 25.2. The van der Waals surface area contributed by atoms with E-state index in [1.54, 1.807) is 119 Å². The number of nitrogens with zero attached hydrogens (tertiary/aromatic N) is 9. The number of benzene rings is 3. The molecule has 28 nitrogen and oxygen atoms in total. The Bertz CT molecular complexity index is 5690. The van der Waals surface area contributed by atoms with Crippen molar-refractivity contribution in [2.75, 3.05) is 63.8 Å². The summed E-state index contributed by atoms with van der Waals surface area (Å²) < 4.78 is 82.9. The van der Waals surface area contributed by atoms with E-state index >= 15 is 0 Å². The summed E-state index contributed by atoms with van der Waals surface area (Å²) in [5, 5.41) is 25.7. The van der Waals surface area contributed by atoms with Crippen molar-refractivity contribution < 1.29 is 75.5 Å². The Balaban J connectivity index is 0.000000172. The van der Waals surface area contributed by atoms with Gasteiger partial charge in [0.2, 0.25) is 6.29 Å². The predicted octanol–water partition coefficient (Wildman–Crippen LogP) is 15.8. The molecule has 15 rings (SSSR count). The molecule has 2 amide bonds. The molecule has 0 aliphatic heterocycles. The Labute approximate surface area is 714 Å². The van der Waals surface area contributed by atoms with E-state index in [0.29, 0.717) is 63.7 Å². The number of nitrogens with one attached hydrogen (secondary N) is 2. The van der Waals surface area contributed by atoms with Gasteiger partial charge in [0.1, 0.15) is 45.7 Å². The van der Waals surface area contributed by atoms with Crippen LogP contribution in [0.5, 0.6) is 34.5 Å². The molecule has 8 aromatic heterocycles. The summed E-state index contributed by atoms with van der Waals surface area (Å²) >= 11 is 6.82. The van der Waals surface area contributed by atoms with Crippen molar-refractivity contribution in [3.63, 3.8) is 0 Å². The van der Waals surface area contributed by atoms with Crippen molar-refractivity contribution in [2.24, 2.45) is 0 Å². The number of carbonyl (C=O) groups is 3. The number of aromatic amines is 1. The Morgan fingerprint density at radius 3 is 1.15 bits per heavy atom. The maximum Gasteiger partial charge on any atom is 0.454 e. The third-order valence-electron chi connectivity index (χ3n) is 19.3. The Hall–Kier alpha value is -11.2. The highest BCUT2D eigenvalue weighted by molar-refractivity contribution is 9.11. The molecule has 34 heteroatoms. The van der Waals surface area contributed by atoms with Gasteiger partial charge in [0.15, 0.2) is 0 Å². The number of halogens is 5. The molecule has 4 aliphatic carbocycles. The van der Waals surface area contributed by atoms with Crippen molar-refractivity contribution in [3.05, 3.63) is 208 Å². The van der Waals surface area contributed by atoms with Crippen LogP contribution in [0.4, 0.5) is 22.8 Å². The van der Waals surface area contributed by atoms with Gasteiger partial charge in [0.05, 0.1) is 88.4 Å². The molecule has 4 fully saturated rings. The molecule has 0 spiro atoms.